The van der Waals surface area contributed by atoms with Gasteiger partial charge < -0.3 is 5.32 Å². The second-order valence-corrected chi connectivity index (χ2v) is 4.96. The summed E-state index contributed by atoms with van der Waals surface area (Å²) >= 11 is 1.63. The summed E-state index contributed by atoms with van der Waals surface area (Å²) in [6.45, 7) is 4.39. The van der Waals surface area contributed by atoms with Crippen LogP contribution in [0.25, 0.3) is 0 Å². The fourth-order valence-corrected chi connectivity index (χ4v) is 2.42. The van der Waals surface area contributed by atoms with Crippen molar-refractivity contribution in [1.29, 1.82) is 0 Å². The second-order valence-electron chi connectivity index (χ2n) is 3.96. The van der Waals surface area contributed by atoms with E-state index in [1.165, 1.54) is 11.6 Å². The van der Waals surface area contributed by atoms with Crippen molar-refractivity contribution in [2.75, 3.05) is 5.32 Å². The third-order valence-corrected chi connectivity index (χ3v) is 3.62. The molecule has 0 spiro atoms. The van der Waals surface area contributed by atoms with Gasteiger partial charge in [-0.05, 0) is 36.9 Å². The van der Waals surface area contributed by atoms with Crippen LogP contribution in [0, 0.1) is 24.0 Å². The number of hydrogen-bond acceptors (Lipinski definition) is 5. The maximum atomic E-state index is 10.9. The highest BCUT2D eigenvalue weighted by Gasteiger charge is 2.15. The van der Waals surface area contributed by atoms with Gasteiger partial charge >= 0.3 is 5.69 Å². The Labute approximate surface area is 109 Å². The van der Waals surface area contributed by atoms with Crippen LogP contribution in [0.4, 0.5) is 11.5 Å². The standard InChI is InChI=1S/C12H13N3O2S/c1-8-5-6-18-11(8)7-13-12-10(15(16)17)4-3-9(2)14-12/h3-6H,7H2,1-2H3,(H,13,14). The number of aromatic nitrogens is 1. The summed E-state index contributed by atoms with van der Waals surface area (Å²) in [5.74, 6) is 0.327. The Kier molecular flexibility index (Phi) is 3.57. The SMILES string of the molecule is Cc1ccc([N+](=O)[O-])c(NCc2sccc2C)n1. The molecule has 0 bridgehead atoms. The first-order valence-electron chi connectivity index (χ1n) is 5.47. The average molecular weight is 263 g/mol. The first-order valence-corrected chi connectivity index (χ1v) is 6.35. The molecule has 0 fully saturated rings. The van der Waals surface area contributed by atoms with Crippen LogP contribution in [0.15, 0.2) is 23.6 Å². The second kappa shape index (κ2) is 5.14. The normalized spacial score (nSPS) is 10.3. The van der Waals surface area contributed by atoms with Gasteiger partial charge in [0.1, 0.15) is 0 Å². The van der Waals surface area contributed by atoms with Crippen LogP contribution < -0.4 is 5.32 Å². The molecule has 18 heavy (non-hydrogen) atoms. The zero-order valence-electron chi connectivity index (χ0n) is 10.1. The molecular weight excluding hydrogens is 250 g/mol. The van der Waals surface area contributed by atoms with Crippen molar-refractivity contribution in [2.24, 2.45) is 0 Å². The Morgan fingerprint density at radius 3 is 2.78 bits per heavy atom. The molecule has 5 nitrogen and oxygen atoms in total. The summed E-state index contributed by atoms with van der Waals surface area (Å²) in [6.07, 6.45) is 0. The zero-order valence-corrected chi connectivity index (χ0v) is 11.0. The predicted molar refractivity (Wildman–Crippen MR) is 72.0 cm³/mol. The van der Waals surface area contributed by atoms with Crippen molar-refractivity contribution in [3.8, 4) is 0 Å². The van der Waals surface area contributed by atoms with Gasteiger partial charge in [-0.15, -0.1) is 11.3 Å². The number of nitro groups is 1. The van der Waals surface area contributed by atoms with Gasteiger partial charge in [-0.3, -0.25) is 10.1 Å². The number of hydrogen-bond donors (Lipinski definition) is 1. The molecule has 0 atom stereocenters. The number of rotatable bonds is 4. The van der Waals surface area contributed by atoms with Crippen LogP contribution in [0.1, 0.15) is 16.1 Å². The summed E-state index contributed by atoms with van der Waals surface area (Å²) in [7, 11) is 0. The number of anilines is 1. The first kappa shape index (κ1) is 12.5. The van der Waals surface area contributed by atoms with E-state index in [1.807, 2.05) is 25.3 Å². The molecule has 94 valence electrons. The fourth-order valence-electron chi connectivity index (χ4n) is 1.58. The molecule has 0 aliphatic carbocycles. The highest BCUT2D eigenvalue weighted by atomic mass is 32.1. The molecule has 0 unspecified atom stereocenters. The molecule has 2 heterocycles. The average Bonchev–Trinajstić information content (AvgIpc) is 2.72. The number of pyridine rings is 1. The smallest absolute Gasteiger partial charge is 0.311 e. The Morgan fingerprint density at radius 1 is 1.39 bits per heavy atom. The van der Waals surface area contributed by atoms with E-state index in [0.717, 1.165) is 10.6 Å². The van der Waals surface area contributed by atoms with Gasteiger partial charge in [0, 0.05) is 16.6 Å². The predicted octanol–water partition coefficient (Wildman–Crippen LogP) is 3.28. The van der Waals surface area contributed by atoms with Gasteiger partial charge in [0.2, 0.25) is 5.82 Å². The van der Waals surface area contributed by atoms with Crippen LogP contribution in [-0.4, -0.2) is 9.91 Å². The lowest BCUT2D eigenvalue weighted by molar-refractivity contribution is -0.384. The van der Waals surface area contributed by atoms with E-state index in [1.54, 1.807) is 17.4 Å². The summed E-state index contributed by atoms with van der Waals surface area (Å²) < 4.78 is 0. The number of thiophene rings is 1. The fraction of sp³-hybridized carbons (Fsp3) is 0.250. The van der Waals surface area contributed by atoms with Crippen molar-refractivity contribution in [2.45, 2.75) is 20.4 Å². The monoisotopic (exact) mass is 263 g/mol. The quantitative estimate of drug-likeness (QED) is 0.679. The molecule has 0 saturated heterocycles. The van der Waals surface area contributed by atoms with E-state index in [9.17, 15) is 10.1 Å². The van der Waals surface area contributed by atoms with Gasteiger partial charge in [0.05, 0.1) is 11.5 Å². The van der Waals surface area contributed by atoms with Crippen LogP contribution in [0.2, 0.25) is 0 Å². The van der Waals surface area contributed by atoms with E-state index < -0.39 is 4.92 Å². The molecule has 0 aliphatic heterocycles. The van der Waals surface area contributed by atoms with Gasteiger partial charge in [-0.1, -0.05) is 0 Å². The summed E-state index contributed by atoms with van der Waals surface area (Å²) in [5.41, 5.74) is 1.95. The van der Waals surface area contributed by atoms with Crippen molar-refractivity contribution in [1.82, 2.24) is 4.98 Å². The van der Waals surface area contributed by atoms with Gasteiger partial charge in [-0.25, -0.2) is 4.98 Å². The van der Waals surface area contributed by atoms with Crippen molar-refractivity contribution in [3.05, 3.63) is 49.8 Å². The number of nitrogens with zero attached hydrogens (tertiary/aromatic N) is 2. The summed E-state index contributed by atoms with van der Waals surface area (Å²) in [4.78, 5) is 15.8. The van der Waals surface area contributed by atoms with Gasteiger partial charge in [-0.2, -0.15) is 0 Å². The van der Waals surface area contributed by atoms with E-state index >= 15 is 0 Å². The van der Waals surface area contributed by atoms with Crippen molar-refractivity contribution in [3.63, 3.8) is 0 Å². The Balaban J connectivity index is 2.20. The lowest BCUT2D eigenvalue weighted by atomic mass is 10.3. The maximum absolute atomic E-state index is 10.9. The molecule has 1 N–H and O–H groups in total. The molecule has 0 aliphatic rings. The molecule has 2 rings (SSSR count). The van der Waals surface area contributed by atoms with Crippen LogP contribution >= 0.6 is 11.3 Å². The van der Waals surface area contributed by atoms with E-state index in [2.05, 4.69) is 10.3 Å². The third kappa shape index (κ3) is 2.65. The van der Waals surface area contributed by atoms with E-state index in [0.29, 0.717) is 12.4 Å². The highest BCUT2D eigenvalue weighted by molar-refractivity contribution is 7.10. The zero-order chi connectivity index (χ0) is 13.1. The van der Waals surface area contributed by atoms with E-state index in [-0.39, 0.29) is 5.69 Å². The molecule has 2 aromatic heterocycles. The maximum Gasteiger partial charge on any atom is 0.311 e. The molecule has 0 radical (unpaired) electrons. The largest absolute Gasteiger partial charge is 0.359 e. The molecule has 0 aromatic carbocycles. The third-order valence-electron chi connectivity index (χ3n) is 2.59. The Hall–Kier alpha value is -1.95. The minimum absolute atomic E-state index is 0.00908. The number of nitrogens with one attached hydrogen (secondary N) is 1. The van der Waals surface area contributed by atoms with Crippen molar-refractivity contribution >= 4 is 22.8 Å². The van der Waals surface area contributed by atoms with Crippen LogP contribution in [-0.2, 0) is 6.54 Å². The lowest BCUT2D eigenvalue weighted by Gasteiger charge is -2.06. The molecule has 0 saturated carbocycles. The molecule has 6 heteroatoms. The minimum Gasteiger partial charge on any atom is -0.359 e. The first-order chi connectivity index (χ1) is 8.58. The minimum atomic E-state index is -0.421. The van der Waals surface area contributed by atoms with Crippen LogP contribution in [0.3, 0.4) is 0 Å². The molecule has 0 amide bonds. The Bertz CT molecular complexity index is 580. The highest BCUT2D eigenvalue weighted by Crippen LogP contribution is 2.24. The topological polar surface area (TPSA) is 68.1 Å². The van der Waals surface area contributed by atoms with E-state index in [4.69, 9.17) is 0 Å². The van der Waals surface area contributed by atoms with Crippen LogP contribution in [0.5, 0.6) is 0 Å². The summed E-state index contributed by atoms with van der Waals surface area (Å²) in [6, 6.07) is 5.14. The summed E-state index contributed by atoms with van der Waals surface area (Å²) in [5, 5.41) is 15.9. The lowest BCUT2D eigenvalue weighted by Crippen LogP contribution is -2.05. The number of aryl methyl sites for hydroxylation is 2. The Morgan fingerprint density at radius 2 is 2.17 bits per heavy atom. The molecule has 2 aromatic rings. The molecular formula is C12H13N3O2S. The van der Waals surface area contributed by atoms with Crippen molar-refractivity contribution < 1.29 is 4.92 Å². The van der Waals surface area contributed by atoms with Gasteiger partial charge in [0.15, 0.2) is 0 Å². The van der Waals surface area contributed by atoms with Gasteiger partial charge in [0.25, 0.3) is 0 Å².